The molecule has 1 unspecified atom stereocenters. The Morgan fingerprint density at radius 1 is 1.27 bits per heavy atom. The Bertz CT molecular complexity index is 1170. The summed E-state index contributed by atoms with van der Waals surface area (Å²) in [7, 11) is 1.61. The number of carbonyl (C=O) groups is 1. The van der Waals surface area contributed by atoms with Crippen LogP contribution in [0.5, 0.6) is 5.75 Å². The third kappa shape index (κ3) is 5.63. The predicted octanol–water partition coefficient (Wildman–Crippen LogP) is 3.75. The SMILES string of the molecule is COCCOc1cc(N2C=CC=CC2O)ccc1-n1cnc(CNC(=O)c2ccc(Cl)s2)c1. The number of hydrogen-bond donors (Lipinski definition) is 2. The largest absolute Gasteiger partial charge is 0.489 e. The average Bonchev–Trinajstić information content (AvgIpc) is 3.47. The van der Waals surface area contributed by atoms with Crippen LogP contribution in [0, 0.1) is 0 Å². The van der Waals surface area contributed by atoms with Crippen molar-refractivity contribution in [2.45, 2.75) is 12.8 Å². The lowest BCUT2D eigenvalue weighted by atomic mass is 10.2. The number of aliphatic hydroxyl groups excluding tert-OH is 1. The van der Waals surface area contributed by atoms with Crippen LogP contribution in [-0.4, -0.2) is 47.1 Å². The van der Waals surface area contributed by atoms with Crippen LogP contribution in [0.3, 0.4) is 0 Å². The molecule has 1 atom stereocenters. The van der Waals surface area contributed by atoms with Crippen molar-refractivity contribution >= 4 is 34.5 Å². The quantitative estimate of drug-likeness (QED) is 0.448. The van der Waals surface area contributed by atoms with E-state index in [9.17, 15) is 9.90 Å². The van der Waals surface area contributed by atoms with Crippen molar-refractivity contribution in [3.05, 3.63) is 82.2 Å². The summed E-state index contributed by atoms with van der Waals surface area (Å²) >= 11 is 7.13. The Morgan fingerprint density at radius 2 is 2.15 bits per heavy atom. The highest BCUT2D eigenvalue weighted by Crippen LogP contribution is 2.31. The van der Waals surface area contributed by atoms with Gasteiger partial charge in [0.15, 0.2) is 0 Å². The first kappa shape index (κ1) is 23.1. The van der Waals surface area contributed by atoms with E-state index in [4.69, 9.17) is 21.1 Å². The van der Waals surface area contributed by atoms with E-state index in [1.807, 2.05) is 35.0 Å². The minimum Gasteiger partial charge on any atom is -0.489 e. The summed E-state index contributed by atoms with van der Waals surface area (Å²) in [5, 5.41) is 13.1. The van der Waals surface area contributed by atoms with Gasteiger partial charge >= 0.3 is 0 Å². The molecule has 3 heterocycles. The van der Waals surface area contributed by atoms with Crippen molar-refractivity contribution in [1.82, 2.24) is 14.9 Å². The fourth-order valence-electron chi connectivity index (χ4n) is 3.23. The molecule has 2 aromatic heterocycles. The van der Waals surface area contributed by atoms with Crippen molar-refractivity contribution in [3.63, 3.8) is 0 Å². The average molecular weight is 487 g/mol. The second-order valence-electron chi connectivity index (χ2n) is 7.10. The first-order valence-electron chi connectivity index (χ1n) is 10.2. The normalized spacial score (nSPS) is 15.1. The molecule has 0 saturated heterocycles. The van der Waals surface area contributed by atoms with Crippen LogP contribution in [-0.2, 0) is 11.3 Å². The number of allylic oxidation sites excluding steroid dienone is 2. The van der Waals surface area contributed by atoms with Crippen molar-refractivity contribution in [2.75, 3.05) is 25.2 Å². The van der Waals surface area contributed by atoms with Crippen LogP contribution in [0.25, 0.3) is 5.69 Å². The standard InChI is InChI=1S/C23H23ClN4O4S/c1-31-10-11-32-19-12-17(28-9-3-2-4-22(28)29)5-6-18(19)27-14-16(26-15-27)13-25-23(30)20-7-8-21(24)33-20/h2-9,12,14-15,22,29H,10-11,13H2,1H3,(H,25,30). The molecule has 0 bridgehead atoms. The molecule has 8 nitrogen and oxygen atoms in total. The molecule has 1 aliphatic rings. The van der Waals surface area contributed by atoms with Crippen LogP contribution in [0.1, 0.15) is 15.4 Å². The number of halogens is 1. The van der Waals surface area contributed by atoms with Crippen molar-refractivity contribution in [3.8, 4) is 11.4 Å². The van der Waals surface area contributed by atoms with Gasteiger partial charge in [-0.3, -0.25) is 4.79 Å². The molecular formula is C23H23ClN4O4S. The summed E-state index contributed by atoms with van der Waals surface area (Å²) in [5.41, 5.74) is 2.25. The van der Waals surface area contributed by atoms with Gasteiger partial charge in [0.2, 0.25) is 0 Å². The molecule has 4 rings (SSSR count). The molecule has 1 aromatic carbocycles. The van der Waals surface area contributed by atoms with Crippen LogP contribution < -0.4 is 15.0 Å². The Kier molecular flexibility index (Phi) is 7.46. The summed E-state index contributed by atoms with van der Waals surface area (Å²) in [6.45, 7) is 1.08. The van der Waals surface area contributed by atoms with Crippen LogP contribution in [0.4, 0.5) is 5.69 Å². The van der Waals surface area contributed by atoms with Crippen LogP contribution >= 0.6 is 22.9 Å². The maximum atomic E-state index is 12.3. The maximum Gasteiger partial charge on any atom is 0.261 e. The maximum absolute atomic E-state index is 12.3. The molecule has 1 aliphatic heterocycles. The fraction of sp³-hybridized carbons (Fsp3) is 0.217. The first-order valence-corrected chi connectivity index (χ1v) is 11.4. The van der Waals surface area contributed by atoms with Gasteiger partial charge in [-0.05, 0) is 36.4 Å². The molecule has 0 radical (unpaired) electrons. The van der Waals surface area contributed by atoms with E-state index in [1.165, 1.54) is 11.3 Å². The number of nitrogens with one attached hydrogen (secondary N) is 1. The molecule has 1 amide bonds. The van der Waals surface area contributed by atoms with Gasteiger partial charge in [0.1, 0.15) is 18.6 Å². The summed E-state index contributed by atoms with van der Waals surface area (Å²) in [4.78, 5) is 18.9. The van der Waals surface area contributed by atoms with E-state index in [0.717, 1.165) is 11.4 Å². The smallest absolute Gasteiger partial charge is 0.261 e. The fourth-order valence-corrected chi connectivity index (χ4v) is 4.19. The van der Waals surface area contributed by atoms with E-state index in [-0.39, 0.29) is 12.5 Å². The number of anilines is 1. The third-order valence-corrected chi connectivity index (χ3v) is 6.08. The summed E-state index contributed by atoms with van der Waals surface area (Å²) in [6, 6.07) is 9.04. The van der Waals surface area contributed by atoms with Gasteiger partial charge in [0.25, 0.3) is 5.91 Å². The molecule has 33 heavy (non-hydrogen) atoms. The summed E-state index contributed by atoms with van der Waals surface area (Å²) in [6.07, 6.45) is 9.89. The molecule has 0 spiro atoms. The number of thiophene rings is 1. The van der Waals surface area contributed by atoms with Crippen molar-refractivity contribution in [2.24, 2.45) is 0 Å². The van der Waals surface area contributed by atoms with Crippen LogP contribution in [0.15, 0.2) is 67.3 Å². The molecule has 0 fully saturated rings. The highest BCUT2D eigenvalue weighted by Gasteiger charge is 2.17. The van der Waals surface area contributed by atoms with Gasteiger partial charge < -0.3 is 29.4 Å². The zero-order valence-electron chi connectivity index (χ0n) is 17.8. The highest BCUT2D eigenvalue weighted by atomic mass is 35.5. The zero-order valence-corrected chi connectivity index (χ0v) is 19.4. The number of ether oxygens (including phenoxy) is 2. The van der Waals surface area contributed by atoms with Gasteiger partial charge in [-0.2, -0.15) is 0 Å². The topological polar surface area (TPSA) is 88.8 Å². The molecule has 0 saturated carbocycles. The second-order valence-corrected chi connectivity index (χ2v) is 8.81. The number of imidazole rings is 1. The number of amides is 1. The van der Waals surface area contributed by atoms with E-state index in [1.54, 1.807) is 48.8 Å². The zero-order chi connectivity index (χ0) is 23.2. The molecule has 10 heteroatoms. The van der Waals surface area contributed by atoms with E-state index < -0.39 is 6.23 Å². The third-order valence-electron chi connectivity index (χ3n) is 4.85. The number of benzene rings is 1. The molecule has 3 aromatic rings. The van der Waals surface area contributed by atoms with E-state index in [0.29, 0.717) is 33.9 Å². The minimum absolute atomic E-state index is 0.198. The number of hydrogen-bond acceptors (Lipinski definition) is 7. The Labute approximate surface area is 200 Å². The highest BCUT2D eigenvalue weighted by molar-refractivity contribution is 7.17. The van der Waals surface area contributed by atoms with Gasteiger partial charge in [-0.1, -0.05) is 17.7 Å². The number of methoxy groups -OCH3 is 1. The van der Waals surface area contributed by atoms with Gasteiger partial charge in [0, 0.05) is 31.3 Å². The summed E-state index contributed by atoms with van der Waals surface area (Å²) in [5.74, 6) is 0.414. The van der Waals surface area contributed by atoms with Gasteiger partial charge in [-0.25, -0.2) is 4.98 Å². The molecule has 2 N–H and O–H groups in total. The Balaban J connectivity index is 1.52. The number of nitrogens with zero attached hydrogens (tertiary/aromatic N) is 3. The monoisotopic (exact) mass is 486 g/mol. The number of rotatable bonds is 9. The molecule has 0 aliphatic carbocycles. The first-order chi connectivity index (χ1) is 16.0. The lowest BCUT2D eigenvalue weighted by Gasteiger charge is -2.27. The Morgan fingerprint density at radius 3 is 2.91 bits per heavy atom. The van der Waals surface area contributed by atoms with Crippen molar-refractivity contribution in [1.29, 1.82) is 0 Å². The van der Waals surface area contributed by atoms with Crippen LogP contribution in [0.2, 0.25) is 4.34 Å². The van der Waals surface area contributed by atoms with Gasteiger partial charge in [-0.15, -0.1) is 11.3 Å². The second kappa shape index (κ2) is 10.7. The van der Waals surface area contributed by atoms with Gasteiger partial charge in [0.05, 0.1) is 40.1 Å². The number of carbonyl (C=O) groups excluding carboxylic acids is 1. The lowest BCUT2D eigenvalue weighted by Crippen LogP contribution is -2.29. The van der Waals surface area contributed by atoms with Crippen molar-refractivity contribution < 1.29 is 19.4 Å². The molecule has 172 valence electrons. The summed E-state index contributed by atoms with van der Waals surface area (Å²) < 4.78 is 13.5. The van der Waals surface area contributed by atoms with E-state index in [2.05, 4.69) is 10.3 Å². The molecular weight excluding hydrogens is 464 g/mol. The van der Waals surface area contributed by atoms with E-state index >= 15 is 0 Å². The predicted molar refractivity (Wildman–Crippen MR) is 128 cm³/mol. The number of aliphatic hydroxyl groups is 1. The Hall–Kier alpha value is -3.11. The lowest BCUT2D eigenvalue weighted by molar-refractivity contribution is 0.0954. The number of aromatic nitrogens is 2. The minimum atomic E-state index is -0.755.